The topological polar surface area (TPSA) is 55.2 Å². The third-order valence-corrected chi connectivity index (χ3v) is 3.11. The average Bonchev–Trinajstić information content (AvgIpc) is 2.29. The van der Waals surface area contributed by atoms with E-state index in [1.807, 2.05) is 0 Å². The summed E-state index contributed by atoms with van der Waals surface area (Å²) in [6, 6.07) is 4.80. The number of nitro benzene ring substituents is 1. The molecule has 1 N–H and O–H groups in total. The molecule has 0 bridgehead atoms. The maximum Gasteiger partial charge on any atom is 0.274 e. The first-order valence-corrected chi connectivity index (χ1v) is 5.73. The number of nitrogens with one attached hydrogen (secondary N) is 1. The van der Waals surface area contributed by atoms with Crippen molar-refractivity contribution in [3.8, 4) is 0 Å². The Balaban J connectivity index is 0.00000144. The molecular formula is C11H14Cl2N2O2. The summed E-state index contributed by atoms with van der Waals surface area (Å²) in [5.74, 6) is 0. The standard InChI is InChI=1S/C11H13ClN2O2.ClH/c12-8-4-5-11(14(15)16)9(7-8)10-3-1-2-6-13-10;/h4-5,7,10,13H,1-3,6H2;1H/t10-;/m0./s1. The summed E-state index contributed by atoms with van der Waals surface area (Å²) < 4.78 is 0. The van der Waals surface area contributed by atoms with E-state index in [9.17, 15) is 10.1 Å². The monoisotopic (exact) mass is 276 g/mol. The second-order valence-corrected chi connectivity index (χ2v) is 4.40. The van der Waals surface area contributed by atoms with Gasteiger partial charge in [0.05, 0.1) is 4.92 Å². The largest absolute Gasteiger partial charge is 0.310 e. The van der Waals surface area contributed by atoms with Crippen LogP contribution in [0.2, 0.25) is 5.02 Å². The van der Waals surface area contributed by atoms with Crippen LogP contribution in [0.3, 0.4) is 0 Å². The van der Waals surface area contributed by atoms with E-state index >= 15 is 0 Å². The molecule has 6 heteroatoms. The van der Waals surface area contributed by atoms with Gasteiger partial charge >= 0.3 is 0 Å². The van der Waals surface area contributed by atoms with Crippen LogP contribution in [-0.2, 0) is 0 Å². The molecule has 1 fully saturated rings. The SMILES string of the molecule is Cl.O=[N+]([O-])c1ccc(Cl)cc1[C@@H]1CCCCN1. The smallest absolute Gasteiger partial charge is 0.274 e. The molecule has 1 saturated heterocycles. The quantitative estimate of drug-likeness (QED) is 0.665. The Morgan fingerprint density at radius 2 is 2.18 bits per heavy atom. The van der Waals surface area contributed by atoms with E-state index in [2.05, 4.69) is 5.32 Å². The second-order valence-electron chi connectivity index (χ2n) is 3.96. The van der Waals surface area contributed by atoms with Gasteiger partial charge in [0.15, 0.2) is 0 Å². The molecule has 1 aromatic rings. The summed E-state index contributed by atoms with van der Waals surface area (Å²) in [6.07, 6.45) is 3.16. The molecule has 17 heavy (non-hydrogen) atoms. The van der Waals surface area contributed by atoms with Gasteiger partial charge in [0.1, 0.15) is 0 Å². The first-order valence-electron chi connectivity index (χ1n) is 5.35. The molecule has 0 aliphatic carbocycles. The maximum atomic E-state index is 10.9. The Labute approximate surface area is 111 Å². The van der Waals surface area contributed by atoms with Crippen LogP contribution in [-0.4, -0.2) is 11.5 Å². The molecule has 0 spiro atoms. The maximum absolute atomic E-state index is 10.9. The number of halogens is 2. The Morgan fingerprint density at radius 1 is 1.41 bits per heavy atom. The molecule has 4 nitrogen and oxygen atoms in total. The fourth-order valence-corrected chi connectivity index (χ4v) is 2.27. The van der Waals surface area contributed by atoms with E-state index in [1.54, 1.807) is 12.1 Å². The summed E-state index contributed by atoms with van der Waals surface area (Å²) in [5.41, 5.74) is 0.862. The van der Waals surface area contributed by atoms with Crippen LogP contribution in [0.5, 0.6) is 0 Å². The van der Waals surface area contributed by atoms with Crippen LogP contribution in [0.1, 0.15) is 30.9 Å². The lowest BCUT2D eigenvalue weighted by Gasteiger charge is -2.23. The lowest BCUT2D eigenvalue weighted by atomic mass is 9.96. The van der Waals surface area contributed by atoms with Gasteiger partial charge in [-0.25, -0.2) is 0 Å². The van der Waals surface area contributed by atoms with Crippen LogP contribution in [0.15, 0.2) is 18.2 Å². The van der Waals surface area contributed by atoms with Gasteiger partial charge in [0.2, 0.25) is 0 Å². The normalized spacial score (nSPS) is 19.5. The van der Waals surface area contributed by atoms with Crippen LogP contribution in [0, 0.1) is 10.1 Å². The van der Waals surface area contributed by atoms with Gasteiger partial charge in [0.25, 0.3) is 5.69 Å². The fraction of sp³-hybridized carbons (Fsp3) is 0.455. The molecule has 1 heterocycles. The zero-order valence-corrected chi connectivity index (χ0v) is 10.8. The summed E-state index contributed by atoms with van der Waals surface area (Å²) >= 11 is 5.89. The average molecular weight is 277 g/mol. The van der Waals surface area contributed by atoms with Crippen molar-refractivity contribution < 1.29 is 4.92 Å². The molecule has 0 unspecified atom stereocenters. The Kier molecular flexibility index (Phi) is 5.18. The Morgan fingerprint density at radius 3 is 2.76 bits per heavy atom. The van der Waals surface area contributed by atoms with E-state index in [-0.39, 0.29) is 29.1 Å². The first kappa shape index (κ1) is 14.2. The lowest BCUT2D eigenvalue weighted by molar-refractivity contribution is -0.385. The number of rotatable bonds is 2. The third kappa shape index (κ3) is 3.31. The van der Waals surface area contributed by atoms with Crippen molar-refractivity contribution >= 4 is 29.7 Å². The van der Waals surface area contributed by atoms with Gasteiger partial charge in [-0.2, -0.15) is 0 Å². The molecule has 0 amide bonds. The van der Waals surface area contributed by atoms with Crippen LogP contribution in [0.25, 0.3) is 0 Å². The van der Waals surface area contributed by atoms with Gasteiger partial charge in [-0.15, -0.1) is 12.4 Å². The van der Waals surface area contributed by atoms with Crippen LogP contribution in [0.4, 0.5) is 5.69 Å². The number of benzene rings is 1. The summed E-state index contributed by atoms with van der Waals surface area (Å²) in [7, 11) is 0. The fourth-order valence-electron chi connectivity index (χ4n) is 2.09. The molecule has 94 valence electrons. The zero-order chi connectivity index (χ0) is 11.5. The molecule has 0 radical (unpaired) electrons. The van der Waals surface area contributed by atoms with Crippen molar-refractivity contribution in [2.45, 2.75) is 25.3 Å². The molecule has 2 rings (SSSR count). The molecule has 1 aliphatic heterocycles. The molecular weight excluding hydrogens is 263 g/mol. The Bertz CT molecular complexity index is 406. The zero-order valence-electron chi connectivity index (χ0n) is 9.19. The van der Waals surface area contributed by atoms with Crippen molar-refractivity contribution in [1.82, 2.24) is 5.32 Å². The van der Waals surface area contributed by atoms with Gasteiger partial charge in [0, 0.05) is 22.7 Å². The number of nitrogens with zero attached hydrogens (tertiary/aromatic N) is 1. The van der Waals surface area contributed by atoms with E-state index in [0.29, 0.717) is 10.6 Å². The highest BCUT2D eigenvalue weighted by Gasteiger charge is 2.23. The summed E-state index contributed by atoms with van der Waals surface area (Å²) in [4.78, 5) is 10.6. The van der Waals surface area contributed by atoms with Crippen molar-refractivity contribution in [3.63, 3.8) is 0 Å². The minimum absolute atomic E-state index is 0. The summed E-state index contributed by atoms with van der Waals surface area (Å²) in [6.45, 7) is 0.911. The first-order chi connectivity index (χ1) is 7.68. The summed E-state index contributed by atoms with van der Waals surface area (Å²) in [5, 5.41) is 14.8. The van der Waals surface area contributed by atoms with Gasteiger partial charge in [-0.1, -0.05) is 18.0 Å². The van der Waals surface area contributed by atoms with E-state index in [4.69, 9.17) is 11.6 Å². The second kappa shape index (κ2) is 6.19. The lowest BCUT2D eigenvalue weighted by Crippen LogP contribution is -2.27. The highest BCUT2D eigenvalue weighted by atomic mass is 35.5. The van der Waals surface area contributed by atoms with Crippen molar-refractivity contribution in [2.24, 2.45) is 0 Å². The van der Waals surface area contributed by atoms with E-state index in [0.717, 1.165) is 25.8 Å². The van der Waals surface area contributed by atoms with Gasteiger partial charge in [-0.3, -0.25) is 10.1 Å². The predicted molar refractivity (Wildman–Crippen MR) is 69.9 cm³/mol. The van der Waals surface area contributed by atoms with Gasteiger partial charge < -0.3 is 5.32 Å². The number of nitro groups is 1. The molecule has 1 aliphatic rings. The molecule has 0 aromatic heterocycles. The Hall–Kier alpha value is -0.840. The molecule has 0 saturated carbocycles. The van der Waals surface area contributed by atoms with E-state index < -0.39 is 0 Å². The molecule has 1 atom stereocenters. The van der Waals surface area contributed by atoms with E-state index in [1.165, 1.54) is 6.07 Å². The molecule has 1 aromatic carbocycles. The number of piperidine rings is 1. The minimum atomic E-state index is -0.345. The highest BCUT2D eigenvalue weighted by molar-refractivity contribution is 6.30. The van der Waals surface area contributed by atoms with Gasteiger partial charge in [-0.05, 0) is 31.5 Å². The predicted octanol–water partition coefficient (Wildman–Crippen LogP) is 3.48. The van der Waals surface area contributed by atoms with Crippen LogP contribution < -0.4 is 5.32 Å². The van der Waals surface area contributed by atoms with Crippen LogP contribution >= 0.6 is 24.0 Å². The number of hydrogen-bond donors (Lipinski definition) is 1. The van der Waals surface area contributed by atoms with Crippen molar-refractivity contribution in [3.05, 3.63) is 38.9 Å². The highest BCUT2D eigenvalue weighted by Crippen LogP contribution is 2.32. The third-order valence-electron chi connectivity index (χ3n) is 2.87. The van der Waals surface area contributed by atoms with Crippen molar-refractivity contribution in [2.75, 3.05) is 6.54 Å². The minimum Gasteiger partial charge on any atom is -0.310 e. The number of hydrogen-bond acceptors (Lipinski definition) is 3. The van der Waals surface area contributed by atoms with Crippen molar-refractivity contribution in [1.29, 1.82) is 0 Å².